The maximum atomic E-state index is 13.0. The topological polar surface area (TPSA) is 122 Å². The molecule has 1 saturated heterocycles. The van der Waals surface area contributed by atoms with Crippen molar-refractivity contribution in [1.82, 2.24) is 18.5 Å². The average Bonchev–Trinajstić information content (AvgIpc) is 2.88. The summed E-state index contributed by atoms with van der Waals surface area (Å²) in [6.07, 6.45) is -5.40. The Bertz CT molecular complexity index is 1280. The number of carbonyl (C=O) groups is 1. The van der Waals surface area contributed by atoms with Gasteiger partial charge in [-0.15, -0.1) is 0 Å². The van der Waals surface area contributed by atoms with Gasteiger partial charge in [-0.25, -0.2) is 9.78 Å². The fraction of sp³-hybridized carbons (Fsp3) is 0.500. The molecule has 1 aliphatic rings. The second-order valence-corrected chi connectivity index (χ2v) is 11.1. The molecule has 1 amide bonds. The van der Waals surface area contributed by atoms with E-state index < -0.39 is 28.0 Å². The first-order valence-electron chi connectivity index (χ1n) is 12.2. The van der Waals surface area contributed by atoms with E-state index in [1.165, 1.54) is 13.2 Å². The van der Waals surface area contributed by atoms with E-state index in [4.69, 9.17) is 25.8 Å². The smallest absolute Gasteiger partial charge is 0.422 e. The molecule has 0 bridgehead atoms. The standard InChI is InChI=1S/C24H30ClF3N4O7S/c1-30-8-10-31(11-9-30)40(35,36)32(23(33)34)7-3-4-17-5-6-19(38-13-12-37-2)15-21(17)39-22-20(25)14-18(16-29-22)24(26,27)28/h5-6,14-16H,3-4,7-13H2,1-2H3,(H,33,34). The van der Waals surface area contributed by atoms with Crippen LogP contribution in [0.15, 0.2) is 30.5 Å². The van der Waals surface area contributed by atoms with Crippen molar-refractivity contribution in [2.45, 2.75) is 19.0 Å². The van der Waals surface area contributed by atoms with Crippen LogP contribution in [0.25, 0.3) is 0 Å². The highest BCUT2D eigenvalue weighted by molar-refractivity contribution is 7.87. The summed E-state index contributed by atoms with van der Waals surface area (Å²) in [6.45, 7) is 1.50. The predicted octanol–water partition coefficient (Wildman–Crippen LogP) is 3.98. The number of hydrogen-bond donors (Lipinski definition) is 1. The van der Waals surface area contributed by atoms with Crippen LogP contribution in [0.1, 0.15) is 17.5 Å². The summed E-state index contributed by atoms with van der Waals surface area (Å²) >= 11 is 6.01. The summed E-state index contributed by atoms with van der Waals surface area (Å²) in [5.74, 6) is 0.228. The van der Waals surface area contributed by atoms with Crippen LogP contribution in [0.5, 0.6) is 17.4 Å². The lowest BCUT2D eigenvalue weighted by molar-refractivity contribution is -0.137. The molecule has 11 nitrogen and oxygen atoms in total. The second-order valence-electron chi connectivity index (χ2n) is 8.89. The molecule has 3 rings (SSSR count). The van der Waals surface area contributed by atoms with Crippen LogP contribution in [0, 0.1) is 0 Å². The Kier molecular flexibility index (Phi) is 10.8. The SMILES string of the molecule is COCCOc1ccc(CCCN(C(=O)O)S(=O)(=O)N2CCN(C)CC2)c(Oc2ncc(C(F)(F)F)cc2Cl)c1. The van der Waals surface area contributed by atoms with Gasteiger partial charge in [0.1, 0.15) is 23.1 Å². The predicted molar refractivity (Wildman–Crippen MR) is 139 cm³/mol. The molecule has 0 radical (unpaired) electrons. The number of ether oxygens (including phenoxy) is 3. The number of piperazine rings is 1. The number of carboxylic acid groups (broad SMARTS) is 1. The number of likely N-dealkylation sites (N-methyl/N-ethyl adjacent to an activating group) is 1. The molecule has 2 heterocycles. The molecule has 0 unspecified atom stereocenters. The van der Waals surface area contributed by atoms with Crippen molar-refractivity contribution in [3.8, 4) is 17.4 Å². The molecular weight excluding hydrogens is 581 g/mol. The second kappa shape index (κ2) is 13.7. The van der Waals surface area contributed by atoms with Crippen LogP contribution in [-0.4, -0.2) is 98.2 Å². The largest absolute Gasteiger partial charge is 0.491 e. The Morgan fingerprint density at radius 2 is 1.88 bits per heavy atom. The normalized spacial score (nSPS) is 15.2. The lowest BCUT2D eigenvalue weighted by Gasteiger charge is -2.34. The number of alkyl halides is 3. The molecule has 40 heavy (non-hydrogen) atoms. The zero-order valence-electron chi connectivity index (χ0n) is 21.9. The highest BCUT2D eigenvalue weighted by Crippen LogP contribution is 2.36. The van der Waals surface area contributed by atoms with Gasteiger partial charge >= 0.3 is 22.5 Å². The first kappa shape index (κ1) is 31.7. The van der Waals surface area contributed by atoms with E-state index in [1.54, 1.807) is 12.1 Å². The van der Waals surface area contributed by atoms with Gasteiger partial charge in [0.2, 0.25) is 5.88 Å². The zero-order valence-corrected chi connectivity index (χ0v) is 23.4. The Morgan fingerprint density at radius 1 is 1.18 bits per heavy atom. The van der Waals surface area contributed by atoms with Gasteiger partial charge in [0.05, 0.1) is 12.2 Å². The number of methoxy groups -OCH3 is 1. The number of aromatic nitrogens is 1. The minimum atomic E-state index is -4.64. The van der Waals surface area contributed by atoms with Crippen LogP contribution in [0.3, 0.4) is 0 Å². The van der Waals surface area contributed by atoms with Gasteiger partial charge in [-0.05, 0) is 37.6 Å². The Labute approximate surface area is 235 Å². The van der Waals surface area contributed by atoms with Gasteiger partial charge in [-0.1, -0.05) is 17.7 Å². The molecule has 1 aliphatic heterocycles. The molecule has 0 spiro atoms. The lowest BCUT2D eigenvalue weighted by Crippen LogP contribution is -2.53. The Morgan fingerprint density at radius 3 is 2.48 bits per heavy atom. The number of aryl methyl sites for hydroxylation is 1. The van der Waals surface area contributed by atoms with Gasteiger partial charge in [0.25, 0.3) is 0 Å². The Balaban J connectivity index is 1.79. The maximum absolute atomic E-state index is 13.0. The third kappa shape index (κ3) is 8.33. The number of halogens is 4. The van der Waals surface area contributed by atoms with Crippen molar-refractivity contribution in [2.24, 2.45) is 0 Å². The summed E-state index contributed by atoms with van der Waals surface area (Å²) in [5, 5.41) is 9.27. The van der Waals surface area contributed by atoms with E-state index in [9.17, 15) is 31.5 Å². The maximum Gasteiger partial charge on any atom is 0.422 e. The van der Waals surface area contributed by atoms with Crippen LogP contribution < -0.4 is 9.47 Å². The van der Waals surface area contributed by atoms with Gasteiger partial charge in [-0.2, -0.15) is 30.2 Å². The van der Waals surface area contributed by atoms with Crippen LogP contribution in [0.4, 0.5) is 18.0 Å². The van der Waals surface area contributed by atoms with Gasteiger partial charge in [0, 0.05) is 52.1 Å². The summed E-state index contributed by atoms with van der Waals surface area (Å²) < 4.78 is 82.9. The minimum Gasteiger partial charge on any atom is -0.491 e. The molecular formula is C24H30ClF3N4O7S. The molecule has 222 valence electrons. The summed E-state index contributed by atoms with van der Waals surface area (Å²) in [7, 11) is -0.893. The number of nitrogens with zero attached hydrogens (tertiary/aromatic N) is 4. The molecule has 0 saturated carbocycles. The van der Waals surface area contributed by atoms with Crippen molar-refractivity contribution < 1.29 is 45.7 Å². The zero-order chi connectivity index (χ0) is 29.5. The van der Waals surface area contributed by atoms with E-state index in [-0.39, 0.29) is 55.7 Å². The molecule has 0 aliphatic carbocycles. The quantitative estimate of drug-likeness (QED) is 0.356. The fourth-order valence-electron chi connectivity index (χ4n) is 3.81. The van der Waals surface area contributed by atoms with Crippen LogP contribution in [0.2, 0.25) is 5.02 Å². The van der Waals surface area contributed by atoms with Crippen molar-refractivity contribution in [3.63, 3.8) is 0 Å². The first-order chi connectivity index (χ1) is 18.8. The number of rotatable bonds is 12. The molecule has 0 atom stereocenters. The fourth-order valence-corrected chi connectivity index (χ4v) is 5.48. The van der Waals surface area contributed by atoms with Crippen LogP contribution >= 0.6 is 11.6 Å². The number of benzene rings is 1. The number of pyridine rings is 1. The highest BCUT2D eigenvalue weighted by Gasteiger charge is 2.35. The molecule has 1 N–H and O–H groups in total. The number of amides is 1. The van der Waals surface area contributed by atoms with E-state index in [0.29, 0.717) is 47.6 Å². The third-order valence-corrected chi connectivity index (χ3v) is 8.21. The van der Waals surface area contributed by atoms with E-state index in [1.807, 2.05) is 11.9 Å². The summed E-state index contributed by atoms with van der Waals surface area (Å²) in [5.41, 5.74) is -0.545. The van der Waals surface area contributed by atoms with Crippen molar-refractivity contribution in [1.29, 1.82) is 0 Å². The minimum absolute atomic E-state index is 0.0910. The summed E-state index contributed by atoms with van der Waals surface area (Å²) in [6, 6.07) is 5.41. The van der Waals surface area contributed by atoms with E-state index in [0.717, 1.165) is 4.31 Å². The third-order valence-electron chi connectivity index (χ3n) is 6.02. The van der Waals surface area contributed by atoms with Gasteiger partial charge < -0.3 is 24.2 Å². The van der Waals surface area contributed by atoms with Crippen molar-refractivity contribution in [2.75, 3.05) is 60.1 Å². The van der Waals surface area contributed by atoms with Gasteiger partial charge in [-0.3, -0.25) is 0 Å². The van der Waals surface area contributed by atoms with E-state index >= 15 is 0 Å². The molecule has 1 fully saturated rings. The molecule has 1 aromatic heterocycles. The van der Waals surface area contributed by atoms with Crippen molar-refractivity contribution in [3.05, 3.63) is 46.6 Å². The monoisotopic (exact) mass is 610 g/mol. The highest BCUT2D eigenvalue weighted by atomic mass is 35.5. The van der Waals surface area contributed by atoms with E-state index in [2.05, 4.69) is 4.98 Å². The Hall–Kier alpha value is -2.85. The molecule has 1 aromatic carbocycles. The first-order valence-corrected chi connectivity index (χ1v) is 13.9. The summed E-state index contributed by atoms with van der Waals surface area (Å²) in [4.78, 5) is 17.5. The molecule has 2 aromatic rings. The molecule has 16 heteroatoms. The lowest BCUT2D eigenvalue weighted by atomic mass is 10.1. The number of hydrogen-bond acceptors (Lipinski definition) is 8. The average molecular weight is 611 g/mol. The van der Waals surface area contributed by atoms with Crippen molar-refractivity contribution >= 4 is 27.9 Å². The van der Waals surface area contributed by atoms with Gasteiger partial charge in [0.15, 0.2) is 0 Å². The van der Waals surface area contributed by atoms with Crippen LogP contribution in [-0.2, 0) is 27.5 Å².